The number of carbonyl (C=O) groups excluding carboxylic acids is 1. The molecule has 0 spiro atoms. The molecule has 0 aliphatic carbocycles. The topological polar surface area (TPSA) is 49.3 Å². The number of nitrogens with one attached hydrogen (secondary N) is 1. The smallest absolute Gasteiger partial charge is 0.246 e. The number of unbranched alkanes of at least 4 members (excludes halogenated alkanes) is 1. The Labute approximate surface area is 103 Å². The number of rotatable bonds is 6. The van der Waals surface area contributed by atoms with Gasteiger partial charge in [-0.15, -0.1) is 0 Å². The maximum absolute atomic E-state index is 11.5. The molecule has 1 unspecified atom stereocenters. The summed E-state index contributed by atoms with van der Waals surface area (Å²) >= 11 is 0. The van der Waals surface area contributed by atoms with Crippen molar-refractivity contribution in [3.05, 3.63) is 35.4 Å². The Morgan fingerprint density at radius 3 is 2.53 bits per heavy atom. The minimum absolute atomic E-state index is 0.136. The fourth-order valence-corrected chi connectivity index (χ4v) is 1.88. The zero-order valence-electron chi connectivity index (χ0n) is 10.6. The maximum Gasteiger partial charge on any atom is 0.246 e. The lowest BCUT2D eigenvalue weighted by molar-refractivity contribution is -0.133. The zero-order chi connectivity index (χ0) is 12.7. The summed E-state index contributed by atoms with van der Waals surface area (Å²) in [5.74, 6) is -0.415. The van der Waals surface area contributed by atoms with Crippen molar-refractivity contribution in [2.24, 2.45) is 5.92 Å². The van der Waals surface area contributed by atoms with Gasteiger partial charge in [0.25, 0.3) is 0 Å². The molecule has 94 valence electrons. The van der Waals surface area contributed by atoms with Crippen molar-refractivity contribution in [2.45, 2.75) is 39.5 Å². The van der Waals surface area contributed by atoms with Crippen LogP contribution in [0.1, 0.15) is 37.3 Å². The maximum atomic E-state index is 11.5. The number of amides is 1. The Kier molecular flexibility index (Phi) is 5.70. The normalized spacial score (nSPS) is 12.2. The molecule has 0 aliphatic rings. The highest BCUT2D eigenvalue weighted by Crippen LogP contribution is 2.16. The lowest BCUT2D eigenvalue weighted by atomic mass is 9.93. The Bertz CT molecular complexity index is 346. The molecule has 1 atom stereocenters. The molecule has 17 heavy (non-hydrogen) atoms. The molecule has 0 fully saturated rings. The van der Waals surface area contributed by atoms with Gasteiger partial charge in [-0.2, -0.15) is 0 Å². The molecule has 1 aromatic carbocycles. The number of hydroxylamine groups is 1. The third-order valence-corrected chi connectivity index (χ3v) is 2.99. The van der Waals surface area contributed by atoms with Gasteiger partial charge in [0.05, 0.1) is 0 Å². The molecule has 0 heterocycles. The van der Waals surface area contributed by atoms with E-state index in [0.717, 1.165) is 24.8 Å². The summed E-state index contributed by atoms with van der Waals surface area (Å²) in [5.41, 5.74) is 4.12. The fourth-order valence-electron chi connectivity index (χ4n) is 1.88. The van der Waals surface area contributed by atoms with Gasteiger partial charge in [-0.1, -0.05) is 49.6 Å². The molecule has 0 saturated heterocycles. The molecule has 1 rings (SSSR count). The van der Waals surface area contributed by atoms with Crippen molar-refractivity contribution in [1.29, 1.82) is 0 Å². The minimum Gasteiger partial charge on any atom is -0.289 e. The third kappa shape index (κ3) is 4.57. The van der Waals surface area contributed by atoms with E-state index < -0.39 is 0 Å². The summed E-state index contributed by atoms with van der Waals surface area (Å²) in [6.07, 6.45) is 3.57. The van der Waals surface area contributed by atoms with Gasteiger partial charge in [0.1, 0.15) is 0 Å². The number of hydrogen-bond donors (Lipinski definition) is 2. The van der Waals surface area contributed by atoms with E-state index in [4.69, 9.17) is 5.21 Å². The van der Waals surface area contributed by atoms with Crippen LogP contribution in [0.4, 0.5) is 0 Å². The van der Waals surface area contributed by atoms with Crippen molar-refractivity contribution in [2.75, 3.05) is 0 Å². The summed E-state index contributed by atoms with van der Waals surface area (Å²) in [7, 11) is 0. The second-order valence-electron chi connectivity index (χ2n) is 4.50. The first kappa shape index (κ1) is 13.7. The largest absolute Gasteiger partial charge is 0.289 e. The van der Waals surface area contributed by atoms with E-state index in [1.54, 1.807) is 5.48 Å². The quantitative estimate of drug-likeness (QED) is 0.588. The van der Waals surface area contributed by atoms with E-state index in [1.807, 2.05) is 31.2 Å². The average molecular weight is 235 g/mol. The monoisotopic (exact) mass is 235 g/mol. The van der Waals surface area contributed by atoms with Crippen LogP contribution >= 0.6 is 0 Å². The number of aryl methyl sites for hydroxylation is 1. The lowest BCUT2D eigenvalue weighted by Crippen LogP contribution is -2.29. The SMILES string of the molecule is CCCCC(Cc1ccc(C)cc1)C(=O)NO. The van der Waals surface area contributed by atoms with E-state index in [0.29, 0.717) is 6.42 Å². The first-order chi connectivity index (χ1) is 8.17. The highest BCUT2D eigenvalue weighted by Gasteiger charge is 2.17. The van der Waals surface area contributed by atoms with Crippen LogP contribution in [0.15, 0.2) is 24.3 Å². The Hall–Kier alpha value is -1.35. The van der Waals surface area contributed by atoms with Gasteiger partial charge >= 0.3 is 0 Å². The lowest BCUT2D eigenvalue weighted by Gasteiger charge is -2.14. The van der Waals surface area contributed by atoms with Crippen LogP contribution in [0.25, 0.3) is 0 Å². The van der Waals surface area contributed by atoms with E-state index in [-0.39, 0.29) is 11.8 Å². The summed E-state index contributed by atoms with van der Waals surface area (Å²) in [5, 5.41) is 8.73. The predicted octanol–water partition coefficient (Wildman–Crippen LogP) is 2.85. The first-order valence-electron chi connectivity index (χ1n) is 6.16. The minimum atomic E-state index is -0.279. The molecule has 3 nitrogen and oxygen atoms in total. The van der Waals surface area contributed by atoms with Crippen LogP contribution in [-0.4, -0.2) is 11.1 Å². The fraction of sp³-hybridized carbons (Fsp3) is 0.500. The van der Waals surface area contributed by atoms with Crippen LogP contribution in [0, 0.1) is 12.8 Å². The van der Waals surface area contributed by atoms with Gasteiger partial charge in [-0.25, -0.2) is 5.48 Å². The molecule has 0 bridgehead atoms. The Morgan fingerprint density at radius 2 is 2.00 bits per heavy atom. The van der Waals surface area contributed by atoms with Crippen LogP contribution < -0.4 is 5.48 Å². The Balaban J connectivity index is 2.64. The number of hydrogen-bond acceptors (Lipinski definition) is 2. The molecule has 3 heteroatoms. The third-order valence-electron chi connectivity index (χ3n) is 2.99. The summed E-state index contributed by atoms with van der Waals surface area (Å²) in [6.45, 7) is 4.14. The second-order valence-corrected chi connectivity index (χ2v) is 4.50. The zero-order valence-corrected chi connectivity index (χ0v) is 10.6. The van der Waals surface area contributed by atoms with Crippen LogP contribution in [0.5, 0.6) is 0 Å². The van der Waals surface area contributed by atoms with Gasteiger partial charge < -0.3 is 0 Å². The first-order valence-corrected chi connectivity index (χ1v) is 6.16. The van der Waals surface area contributed by atoms with Crippen molar-refractivity contribution in [3.8, 4) is 0 Å². The van der Waals surface area contributed by atoms with Crippen LogP contribution in [0.2, 0.25) is 0 Å². The van der Waals surface area contributed by atoms with Crippen LogP contribution in [-0.2, 0) is 11.2 Å². The summed E-state index contributed by atoms with van der Waals surface area (Å²) in [6, 6.07) is 8.17. The molecule has 0 aliphatic heterocycles. The second kappa shape index (κ2) is 7.07. The molecule has 1 amide bonds. The standard InChI is InChI=1S/C14H21NO2/c1-3-4-5-13(14(16)15-17)10-12-8-6-11(2)7-9-12/h6-9,13,17H,3-5,10H2,1-2H3,(H,15,16). The molecule has 2 N–H and O–H groups in total. The van der Waals surface area contributed by atoms with Crippen molar-refractivity contribution < 1.29 is 10.0 Å². The molecule has 1 aromatic rings. The summed E-state index contributed by atoms with van der Waals surface area (Å²) in [4.78, 5) is 11.5. The van der Waals surface area contributed by atoms with Crippen molar-refractivity contribution >= 4 is 5.91 Å². The molecular formula is C14H21NO2. The Morgan fingerprint density at radius 1 is 1.35 bits per heavy atom. The number of carbonyl (C=O) groups is 1. The van der Waals surface area contributed by atoms with E-state index >= 15 is 0 Å². The van der Waals surface area contributed by atoms with E-state index in [1.165, 1.54) is 5.56 Å². The van der Waals surface area contributed by atoms with Crippen molar-refractivity contribution in [3.63, 3.8) is 0 Å². The predicted molar refractivity (Wildman–Crippen MR) is 67.8 cm³/mol. The van der Waals surface area contributed by atoms with Gasteiger partial charge in [0, 0.05) is 5.92 Å². The van der Waals surface area contributed by atoms with E-state index in [9.17, 15) is 4.79 Å². The van der Waals surface area contributed by atoms with Gasteiger partial charge in [-0.05, 0) is 25.3 Å². The molecular weight excluding hydrogens is 214 g/mol. The highest BCUT2D eigenvalue weighted by atomic mass is 16.5. The van der Waals surface area contributed by atoms with E-state index in [2.05, 4.69) is 6.92 Å². The molecule has 0 saturated carbocycles. The number of benzene rings is 1. The molecule has 0 aromatic heterocycles. The van der Waals surface area contributed by atoms with Crippen LogP contribution in [0.3, 0.4) is 0 Å². The highest BCUT2D eigenvalue weighted by molar-refractivity contribution is 5.77. The summed E-state index contributed by atoms with van der Waals surface area (Å²) < 4.78 is 0. The average Bonchev–Trinajstić information content (AvgIpc) is 2.36. The molecule has 0 radical (unpaired) electrons. The van der Waals surface area contributed by atoms with Gasteiger partial charge in [0.15, 0.2) is 0 Å². The van der Waals surface area contributed by atoms with Gasteiger partial charge in [-0.3, -0.25) is 10.0 Å². The van der Waals surface area contributed by atoms with Gasteiger partial charge in [0.2, 0.25) is 5.91 Å². The van der Waals surface area contributed by atoms with Crippen molar-refractivity contribution in [1.82, 2.24) is 5.48 Å².